The molecule has 0 fully saturated rings. The lowest BCUT2D eigenvalue weighted by atomic mass is 10.2. The van der Waals surface area contributed by atoms with Gasteiger partial charge in [0, 0.05) is 18.1 Å². The number of anilines is 1. The summed E-state index contributed by atoms with van der Waals surface area (Å²) < 4.78 is 6.09. The molecular formula is C15H15N3O4S. The number of aromatic amines is 1. The van der Waals surface area contributed by atoms with E-state index in [0.717, 1.165) is 16.5 Å². The zero-order valence-electron chi connectivity index (χ0n) is 12.7. The third-order valence-corrected chi connectivity index (χ3v) is 4.64. The van der Waals surface area contributed by atoms with Crippen molar-refractivity contribution in [3.05, 3.63) is 50.8 Å². The molecule has 1 N–H and O–H groups in total. The minimum absolute atomic E-state index is 0.152. The van der Waals surface area contributed by atoms with Crippen molar-refractivity contribution in [2.45, 2.75) is 11.8 Å². The fourth-order valence-corrected chi connectivity index (χ4v) is 3.38. The van der Waals surface area contributed by atoms with E-state index in [4.69, 9.17) is 4.74 Å². The van der Waals surface area contributed by atoms with Gasteiger partial charge in [-0.15, -0.1) is 11.8 Å². The fourth-order valence-electron chi connectivity index (χ4n) is 2.34. The van der Waals surface area contributed by atoms with E-state index in [9.17, 15) is 14.4 Å². The van der Waals surface area contributed by atoms with Gasteiger partial charge in [0.15, 0.2) is 0 Å². The number of hydrogen-bond donors (Lipinski definition) is 1. The first-order valence-electron chi connectivity index (χ1n) is 7.02. The Bertz CT molecular complexity index is 887. The predicted molar refractivity (Wildman–Crippen MR) is 87.7 cm³/mol. The average molecular weight is 333 g/mol. The summed E-state index contributed by atoms with van der Waals surface area (Å²) in [5, 5.41) is 0. The molecule has 1 aliphatic heterocycles. The first-order valence-corrected chi connectivity index (χ1v) is 8.01. The van der Waals surface area contributed by atoms with Crippen LogP contribution in [0.15, 0.2) is 38.9 Å². The van der Waals surface area contributed by atoms with Crippen LogP contribution in [0.5, 0.6) is 0 Å². The number of nitrogens with zero attached hydrogens (tertiary/aromatic N) is 2. The van der Waals surface area contributed by atoms with E-state index in [0.29, 0.717) is 5.69 Å². The lowest BCUT2D eigenvalue weighted by Crippen LogP contribution is -2.33. The molecule has 1 aliphatic rings. The van der Waals surface area contributed by atoms with Crippen molar-refractivity contribution in [1.29, 1.82) is 0 Å². The highest BCUT2D eigenvalue weighted by atomic mass is 32.2. The Balaban J connectivity index is 2.10. The van der Waals surface area contributed by atoms with Crippen LogP contribution in [0.1, 0.15) is 17.3 Å². The number of carbonyl (C=O) groups is 1. The van der Waals surface area contributed by atoms with E-state index in [1.807, 2.05) is 19.2 Å². The Morgan fingerprint density at radius 2 is 2.17 bits per heavy atom. The number of benzene rings is 1. The largest absolute Gasteiger partial charge is 0.462 e. The number of H-pyrrole nitrogens is 1. The van der Waals surface area contributed by atoms with Crippen molar-refractivity contribution >= 4 is 23.4 Å². The molecule has 1 aromatic heterocycles. The van der Waals surface area contributed by atoms with Crippen molar-refractivity contribution in [1.82, 2.24) is 9.55 Å². The lowest BCUT2D eigenvalue weighted by Gasteiger charge is -2.12. The molecule has 0 atom stereocenters. The second kappa shape index (κ2) is 5.96. The molecule has 0 spiro atoms. The van der Waals surface area contributed by atoms with Gasteiger partial charge >= 0.3 is 11.7 Å². The maximum absolute atomic E-state index is 12.1. The molecule has 120 valence electrons. The molecule has 0 radical (unpaired) electrons. The molecule has 2 heterocycles. The smallest absolute Gasteiger partial charge is 0.345 e. The van der Waals surface area contributed by atoms with Crippen molar-refractivity contribution in [3.8, 4) is 5.69 Å². The van der Waals surface area contributed by atoms with Crippen molar-refractivity contribution in [3.63, 3.8) is 0 Å². The molecule has 0 unspecified atom stereocenters. The summed E-state index contributed by atoms with van der Waals surface area (Å²) >= 11 is 1.66. The topological polar surface area (TPSA) is 84.4 Å². The van der Waals surface area contributed by atoms with Gasteiger partial charge in [0.25, 0.3) is 5.56 Å². The molecule has 1 aromatic carbocycles. The van der Waals surface area contributed by atoms with E-state index in [1.54, 1.807) is 24.8 Å². The Labute approximate surface area is 135 Å². The molecule has 7 nitrogen and oxygen atoms in total. The van der Waals surface area contributed by atoms with Gasteiger partial charge in [-0.3, -0.25) is 14.3 Å². The first-order chi connectivity index (χ1) is 11.0. The Morgan fingerprint density at radius 1 is 1.39 bits per heavy atom. The summed E-state index contributed by atoms with van der Waals surface area (Å²) in [6.45, 7) is 1.80. The first kappa shape index (κ1) is 15.4. The van der Waals surface area contributed by atoms with E-state index >= 15 is 0 Å². The summed E-state index contributed by atoms with van der Waals surface area (Å²) in [5.74, 6) is 0.0886. The quantitative estimate of drug-likeness (QED) is 0.850. The second-order valence-electron chi connectivity index (χ2n) is 5.02. The number of hydrogen-bond acceptors (Lipinski definition) is 6. The highest BCUT2D eigenvalue weighted by Gasteiger charge is 2.19. The van der Waals surface area contributed by atoms with Gasteiger partial charge in [0.2, 0.25) is 0 Å². The number of carbonyl (C=O) groups excluding carboxylic acids is 1. The third kappa shape index (κ3) is 2.77. The maximum Gasteiger partial charge on any atom is 0.345 e. The summed E-state index contributed by atoms with van der Waals surface area (Å²) in [5.41, 5.74) is 0.122. The molecule has 0 amide bonds. The minimum Gasteiger partial charge on any atom is -0.462 e. The highest BCUT2D eigenvalue weighted by Crippen LogP contribution is 2.38. The molecule has 8 heteroatoms. The lowest BCUT2D eigenvalue weighted by molar-refractivity contribution is 0.0523. The molecule has 0 saturated heterocycles. The highest BCUT2D eigenvalue weighted by molar-refractivity contribution is 7.99. The van der Waals surface area contributed by atoms with Crippen LogP contribution in [0.2, 0.25) is 0 Å². The molecule has 2 aromatic rings. The summed E-state index contributed by atoms with van der Waals surface area (Å²) in [6.07, 6.45) is 1.23. The molecule has 0 bridgehead atoms. The van der Waals surface area contributed by atoms with E-state index in [2.05, 4.69) is 9.88 Å². The number of aromatic nitrogens is 2. The number of rotatable bonds is 3. The van der Waals surface area contributed by atoms with E-state index in [1.165, 1.54) is 10.8 Å². The summed E-state index contributed by atoms with van der Waals surface area (Å²) in [7, 11) is 1.99. The fraction of sp³-hybridized carbons (Fsp3) is 0.267. The van der Waals surface area contributed by atoms with Crippen LogP contribution in [0.4, 0.5) is 5.69 Å². The maximum atomic E-state index is 12.1. The van der Waals surface area contributed by atoms with Crippen LogP contribution in [0.3, 0.4) is 0 Å². The van der Waals surface area contributed by atoms with Crippen molar-refractivity contribution in [2.75, 3.05) is 24.4 Å². The monoisotopic (exact) mass is 333 g/mol. The van der Waals surface area contributed by atoms with Gasteiger partial charge in [-0.25, -0.2) is 9.59 Å². The Hall–Kier alpha value is -2.48. The summed E-state index contributed by atoms with van der Waals surface area (Å²) in [4.78, 5) is 41.0. The van der Waals surface area contributed by atoms with Gasteiger partial charge in [-0.05, 0) is 25.1 Å². The molecule has 23 heavy (non-hydrogen) atoms. The predicted octanol–water partition coefficient (Wildman–Crippen LogP) is 1.20. The van der Waals surface area contributed by atoms with Crippen LogP contribution in [-0.4, -0.2) is 35.1 Å². The van der Waals surface area contributed by atoms with Gasteiger partial charge < -0.3 is 9.64 Å². The second-order valence-corrected chi connectivity index (χ2v) is 6.00. The SMILES string of the molecule is CCOC(=O)c1cn(-c2ccc3c(c2)SCN3C)c(=O)[nH]c1=O. The molecule has 0 aliphatic carbocycles. The number of nitrogens with one attached hydrogen (secondary N) is 1. The third-order valence-electron chi connectivity index (χ3n) is 3.48. The average Bonchev–Trinajstić information content (AvgIpc) is 2.88. The van der Waals surface area contributed by atoms with Crippen LogP contribution in [0, 0.1) is 0 Å². The van der Waals surface area contributed by atoms with Crippen LogP contribution >= 0.6 is 11.8 Å². The Morgan fingerprint density at radius 3 is 2.91 bits per heavy atom. The summed E-state index contributed by atoms with van der Waals surface area (Å²) in [6, 6.07) is 5.54. The van der Waals surface area contributed by atoms with Gasteiger partial charge in [0.05, 0.1) is 23.9 Å². The zero-order valence-corrected chi connectivity index (χ0v) is 13.5. The minimum atomic E-state index is -0.752. The Kier molecular flexibility index (Phi) is 3.99. The van der Waals surface area contributed by atoms with Crippen LogP contribution < -0.4 is 16.1 Å². The zero-order chi connectivity index (χ0) is 16.6. The standard InChI is InChI=1S/C15H15N3O4S/c1-3-22-14(20)10-7-18(15(21)16-13(10)19)9-4-5-11-12(6-9)23-8-17(11)2/h4-7H,3,8H2,1-2H3,(H,16,19,21). The molecule has 3 rings (SSSR count). The number of thioether (sulfide) groups is 1. The van der Waals surface area contributed by atoms with Gasteiger partial charge in [-0.2, -0.15) is 0 Å². The van der Waals surface area contributed by atoms with Gasteiger partial charge in [0.1, 0.15) is 5.56 Å². The van der Waals surface area contributed by atoms with Crippen molar-refractivity contribution in [2.24, 2.45) is 0 Å². The number of fused-ring (bicyclic) bond motifs is 1. The number of esters is 1. The van der Waals surface area contributed by atoms with Crippen molar-refractivity contribution < 1.29 is 9.53 Å². The van der Waals surface area contributed by atoms with E-state index < -0.39 is 17.2 Å². The molecular weight excluding hydrogens is 318 g/mol. The normalized spacial score (nSPS) is 13.0. The van der Waals surface area contributed by atoms with E-state index in [-0.39, 0.29) is 12.2 Å². The van der Waals surface area contributed by atoms with Crippen LogP contribution in [-0.2, 0) is 4.74 Å². The van der Waals surface area contributed by atoms with Crippen LogP contribution in [0.25, 0.3) is 5.69 Å². The van der Waals surface area contributed by atoms with Gasteiger partial charge in [-0.1, -0.05) is 0 Å². The number of ether oxygens (including phenoxy) is 1. The molecule has 0 saturated carbocycles.